The number of carbonyl (C=O) groups excluding carboxylic acids is 2. The monoisotopic (exact) mass is 342 g/mol. The molecule has 128 valence electrons. The highest BCUT2D eigenvalue weighted by molar-refractivity contribution is 6.04. The van der Waals surface area contributed by atoms with Crippen LogP contribution in [-0.4, -0.2) is 33.9 Å². The van der Waals surface area contributed by atoms with E-state index in [0.717, 1.165) is 6.07 Å². The van der Waals surface area contributed by atoms with Gasteiger partial charge in [0.2, 0.25) is 0 Å². The first-order chi connectivity index (χ1) is 12.0. The zero-order valence-corrected chi connectivity index (χ0v) is 13.1. The predicted octanol–water partition coefficient (Wildman–Crippen LogP) is 2.34. The molecule has 3 rings (SSSR count). The summed E-state index contributed by atoms with van der Waals surface area (Å²) in [7, 11) is 0. The number of benzene rings is 2. The molecule has 25 heavy (non-hydrogen) atoms. The highest BCUT2D eigenvalue weighted by atomic mass is 16.5. The SMILES string of the molecule is Cc1cc(NC(=O)COC(=O)c2cc(O)c3ccccc3c2O)no1. The number of aryl methyl sites for hydroxylation is 1. The topological polar surface area (TPSA) is 122 Å². The Hall–Kier alpha value is -3.55. The molecule has 3 aromatic rings. The summed E-state index contributed by atoms with van der Waals surface area (Å²) in [6.07, 6.45) is 0. The van der Waals surface area contributed by atoms with Gasteiger partial charge >= 0.3 is 5.97 Å². The average Bonchev–Trinajstić information content (AvgIpc) is 3.00. The number of aromatic hydroxyl groups is 2. The molecular weight excluding hydrogens is 328 g/mol. The van der Waals surface area contributed by atoms with Crippen molar-refractivity contribution < 1.29 is 29.1 Å². The second-order valence-corrected chi connectivity index (χ2v) is 5.28. The van der Waals surface area contributed by atoms with E-state index in [1.807, 2.05) is 0 Å². The molecule has 0 aliphatic heterocycles. The summed E-state index contributed by atoms with van der Waals surface area (Å²) in [6, 6.07) is 9.11. The van der Waals surface area contributed by atoms with E-state index in [1.165, 1.54) is 6.07 Å². The van der Waals surface area contributed by atoms with Crippen LogP contribution in [0.4, 0.5) is 5.82 Å². The van der Waals surface area contributed by atoms with Crippen LogP contribution in [0.25, 0.3) is 10.8 Å². The Morgan fingerprint density at radius 2 is 1.92 bits per heavy atom. The van der Waals surface area contributed by atoms with Gasteiger partial charge in [-0.2, -0.15) is 0 Å². The molecule has 2 aromatic carbocycles. The number of carbonyl (C=O) groups is 2. The van der Waals surface area contributed by atoms with Gasteiger partial charge in [0, 0.05) is 16.8 Å². The van der Waals surface area contributed by atoms with Gasteiger partial charge in [0.25, 0.3) is 5.91 Å². The minimum Gasteiger partial charge on any atom is -0.507 e. The van der Waals surface area contributed by atoms with Gasteiger partial charge in [-0.05, 0) is 13.0 Å². The smallest absolute Gasteiger partial charge is 0.342 e. The molecule has 0 atom stereocenters. The van der Waals surface area contributed by atoms with Crippen LogP contribution in [-0.2, 0) is 9.53 Å². The maximum absolute atomic E-state index is 12.1. The zero-order valence-electron chi connectivity index (χ0n) is 13.1. The van der Waals surface area contributed by atoms with Crippen molar-refractivity contribution in [3.63, 3.8) is 0 Å². The second kappa shape index (κ2) is 6.52. The molecule has 0 spiro atoms. The van der Waals surface area contributed by atoms with E-state index in [-0.39, 0.29) is 22.9 Å². The molecule has 0 saturated heterocycles. The fraction of sp³-hybridized carbons (Fsp3) is 0.118. The number of amides is 1. The van der Waals surface area contributed by atoms with Crippen molar-refractivity contribution in [1.82, 2.24) is 5.16 Å². The van der Waals surface area contributed by atoms with Gasteiger partial charge in [0.05, 0.1) is 0 Å². The van der Waals surface area contributed by atoms with Gasteiger partial charge in [-0.25, -0.2) is 4.79 Å². The van der Waals surface area contributed by atoms with Crippen molar-refractivity contribution in [3.05, 3.63) is 47.7 Å². The van der Waals surface area contributed by atoms with E-state index in [2.05, 4.69) is 10.5 Å². The number of hydrogen-bond acceptors (Lipinski definition) is 7. The number of fused-ring (bicyclic) bond motifs is 1. The standard InChI is InChI=1S/C17H14N2O6/c1-9-6-14(19-25-9)18-15(21)8-24-17(23)12-7-13(20)10-4-2-3-5-11(10)16(12)22/h2-7,20,22H,8H2,1H3,(H,18,19,21). The minimum absolute atomic E-state index is 0.178. The molecule has 0 radical (unpaired) electrons. The molecule has 1 amide bonds. The van der Waals surface area contributed by atoms with Crippen molar-refractivity contribution in [2.24, 2.45) is 0 Å². The fourth-order valence-corrected chi connectivity index (χ4v) is 2.31. The molecular formula is C17H14N2O6. The van der Waals surface area contributed by atoms with E-state index in [4.69, 9.17) is 9.26 Å². The van der Waals surface area contributed by atoms with Crippen LogP contribution in [0.2, 0.25) is 0 Å². The quantitative estimate of drug-likeness (QED) is 0.491. The summed E-state index contributed by atoms with van der Waals surface area (Å²) in [4.78, 5) is 23.9. The summed E-state index contributed by atoms with van der Waals surface area (Å²) in [5.41, 5.74) is -0.235. The molecule has 0 aliphatic rings. The molecule has 0 bridgehead atoms. The van der Waals surface area contributed by atoms with Gasteiger partial charge in [-0.3, -0.25) is 4.79 Å². The number of hydrogen-bond donors (Lipinski definition) is 3. The third-order valence-electron chi connectivity index (χ3n) is 3.44. The summed E-state index contributed by atoms with van der Waals surface area (Å²) < 4.78 is 9.67. The van der Waals surface area contributed by atoms with E-state index in [0.29, 0.717) is 16.5 Å². The Bertz CT molecular complexity index is 963. The molecule has 1 aromatic heterocycles. The van der Waals surface area contributed by atoms with Gasteiger partial charge in [0.15, 0.2) is 12.4 Å². The maximum atomic E-state index is 12.1. The van der Waals surface area contributed by atoms with Gasteiger partial charge < -0.3 is 24.8 Å². The first-order valence-corrected chi connectivity index (χ1v) is 7.29. The summed E-state index contributed by atoms with van der Waals surface area (Å²) in [6.45, 7) is 1.08. The van der Waals surface area contributed by atoms with E-state index >= 15 is 0 Å². The lowest BCUT2D eigenvalue weighted by atomic mass is 10.0. The number of nitrogens with one attached hydrogen (secondary N) is 1. The Balaban J connectivity index is 1.72. The Labute approximate surface area is 141 Å². The largest absolute Gasteiger partial charge is 0.507 e. The normalized spacial score (nSPS) is 10.6. The van der Waals surface area contributed by atoms with Crippen LogP contribution < -0.4 is 5.32 Å². The van der Waals surface area contributed by atoms with Crippen LogP contribution in [0.5, 0.6) is 11.5 Å². The summed E-state index contributed by atoms with van der Waals surface area (Å²) in [5.74, 6) is -1.35. The molecule has 8 nitrogen and oxygen atoms in total. The second-order valence-electron chi connectivity index (χ2n) is 5.28. The number of rotatable bonds is 4. The van der Waals surface area contributed by atoms with Gasteiger partial charge in [-0.15, -0.1) is 0 Å². The minimum atomic E-state index is -0.940. The lowest BCUT2D eigenvalue weighted by molar-refractivity contribution is -0.119. The third kappa shape index (κ3) is 3.37. The molecule has 3 N–H and O–H groups in total. The average molecular weight is 342 g/mol. The van der Waals surface area contributed by atoms with Crippen molar-refractivity contribution in [2.45, 2.75) is 6.92 Å². The molecule has 0 saturated carbocycles. The highest BCUT2D eigenvalue weighted by Crippen LogP contribution is 2.35. The van der Waals surface area contributed by atoms with Crippen LogP contribution in [0.1, 0.15) is 16.1 Å². The molecule has 0 fully saturated rings. The van der Waals surface area contributed by atoms with Crippen molar-refractivity contribution in [1.29, 1.82) is 0 Å². The van der Waals surface area contributed by atoms with E-state index in [1.54, 1.807) is 31.2 Å². The van der Waals surface area contributed by atoms with E-state index < -0.39 is 18.5 Å². The van der Waals surface area contributed by atoms with Crippen LogP contribution in [0, 0.1) is 6.92 Å². The fourth-order valence-electron chi connectivity index (χ4n) is 2.31. The van der Waals surface area contributed by atoms with Gasteiger partial charge in [0.1, 0.15) is 22.8 Å². The molecule has 8 heteroatoms. The highest BCUT2D eigenvalue weighted by Gasteiger charge is 2.19. The molecule has 0 aliphatic carbocycles. The van der Waals surface area contributed by atoms with Gasteiger partial charge in [-0.1, -0.05) is 29.4 Å². The zero-order chi connectivity index (χ0) is 18.0. The maximum Gasteiger partial charge on any atom is 0.342 e. The number of phenols is 2. The number of anilines is 1. The Kier molecular flexibility index (Phi) is 4.25. The first-order valence-electron chi connectivity index (χ1n) is 7.29. The lowest BCUT2D eigenvalue weighted by Crippen LogP contribution is -2.21. The number of ether oxygens (including phenoxy) is 1. The van der Waals surface area contributed by atoms with Crippen LogP contribution in [0.3, 0.4) is 0 Å². The predicted molar refractivity (Wildman–Crippen MR) is 87.4 cm³/mol. The molecule has 0 unspecified atom stereocenters. The number of phenolic OH excluding ortho intramolecular Hbond substituents is 2. The lowest BCUT2D eigenvalue weighted by Gasteiger charge is -2.09. The summed E-state index contributed by atoms with van der Waals surface area (Å²) in [5, 5.41) is 26.9. The number of esters is 1. The van der Waals surface area contributed by atoms with E-state index in [9.17, 15) is 19.8 Å². The van der Waals surface area contributed by atoms with Crippen molar-refractivity contribution in [2.75, 3.05) is 11.9 Å². The van der Waals surface area contributed by atoms with Crippen molar-refractivity contribution >= 4 is 28.5 Å². The van der Waals surface area contributed by atoms with Crippen LogP contribution in [0.15, 0.2) is 40.9 Å². The summed E-state index contributed by atoms with van der Waals surface area (Å²) >= 11 is 0. The number of nitrogens with zero attached hydrogens (tertiary/aromatic N) is 1. The Morgan fingerprint density at radius 3 is 2.60 bits per heavy atom. The first kappa shape index (κ1) is 16.3. The van der Waals surface area contributed by atoms with Crippen molar-refractivity contribution in [3.8, 4) is 11.5 Å². The molecule has 1 heterocycles. The Morgan fingerprint density at radius 1 is 1.20 bits per heavy atom. The van der Waals surface area contributed by atoms with Crippen LogP contribution >= 0.6 is 0 Å². The third-order valence-corrected chi connectivity index (χ3v) is 3.44. The number of aromatic nitrogens is 1.